The molecule has 1 aromatic carbocycles. The van der Waals surface area contributed by atoms with Gasteiger partial charge in [-0.25, -0.2) is 4.98 Å². The third-order valence-electron chi connectivity index (χ3n) is 5.70. The maximum atomic E-state index is 13.7. The van der Waals surface area contributed by atoms with Crippen molar-refractivity contribution in [3.05, 3.63) is 56.7 Å². The number of esters is 1. The molecule has 0 spiro atoms. The van der Waals surface area contributed by atoms with E-state index in [2.05, 4.69) is 32.9 Å². The Balaban J connectivity index is 1.67. The van der Waals surface area contributed by atoms with E-state index in [1.807, 2.05) is 18.2 Å². The number of hydrogen-bond acceptors (Lipinski definition) is 7. The molecule has 0 unspecified atom stereocenters. The fourth-order valence-electron chi connectivity index (χ4n) is 3.90. The average molecular weight is 487 g/mol. The zero-order valence-electron chi connectivity index (χ0n) is 19.4. The summed E-state index contributed by atoms with van der Waals surface area (Å²) in [5.41, 5.74) is 1.87. The fraction of sp³-hybridized carbons (Fsp3) is 0.480. The topological polar surface area (TPSA) is 70.4 Å². The van der Waals surface area contributed by atoms with E-state index in [1.165, 1.54) is 23.1 Å². The van der Waals surface area contributed by atoms with Crippen LogP contribution in [-0.4, -0.2) is 33.5 Å². The van der Waals surface area contributed by atoms with Gasteiger partial charge in [0.2, 0.25) is 0 Å². The van der Waals surface area contributed by atoms with Crippen LogP contribution in [0.3, 0.4) is 0 Å². The van der Waals surface area contributed by atoms with E-state index in [4.69, 9.17) is 14.5 Å². The summed E-state index contributed by atoms with van der Waals surface area (Å²) in [6.45, 7) is 7.59. The first-order valence-corrected chi connectivity index (χ1v) is 13.2. The van der Waals surface area contributed by atoms with Crippen molar-refractivity contribution in [3.63, 3.8) is 0 Å². The van der Waals surface area contributed by atoms with E-state index in [9.17, 15) is 9.59 Å². The van der Waals surface area contributed by atoms with E-state index in [-0.39, 0.29) is 22.9 Å². The van der Waals surface area contributed by atoms with Gasteiger partial charge in [-0.15, -0.1) is 11.3 Å². The van der Waals surface area contributed by atoms with Crippen LogP contribution >= 0.6 is 23.1 Å². The minimum absolute atomic E-state index is 0.0343. The second kappa shape index (κ2) is 10.4. The molecule has 8 heteroatoms. The molecule has 1 aliphatic rings. The number of aromatic nitrogens is 2. The summed E-state index contributed by atoms with van der Waals surface area (Å²) >= 11 is 2.80. The van der Waals surface area contributed by atoms with E-state index in [1.54, 1.807) is 4.57 Å². The summed E-state index contributed by atoms with van der Waals surface area (Å²) in [5, 5.41) is 1.27. The number of carbonyl (C=O) groups excluding carboxylic acids is 1. The minimum Gasteiger partial charge on any atom is -0.465 e. The number of nitrogens with zero attached hydrogens (tertiary/aromatic N) is 2. The molecule has 33 heavy (non-hydrogen) atoms. The molecule has 0 aliphatic carbocycles. The standard InChI is InChI=1S/C25H30N2O4S2/c1-4-5-13-30-20(28)16-32-24-26-22-21(18-14-25(2,3)31-15-19(18)33-22)23(29)27(24)12-11-17-9-7-6-8-10-17/h6-10H,4-5,11-16H2,1-3H3. The number of benzene rings is 1. The van der Waals surface area contributed by atoms with E-state index >= 15 is 0 Å². The monoisotopic (exact) mass is 486 g/mol. The van der Waals surface area contributed by atoms with Crippen molar-refractivity contribution >= 4 is 39.3 Å². The van der Waals surface area contributed by atoms with Crippen LogP contribution in [0.4, 0.5) is 0 Å². The van der Waals surface area contributed by atoms with Crippen molar-refractivity contribution in [2.24, 2.45) is 0 Å². The Morgan fingerprint density at radius 2 is 2.09 bits per heavy atom. The molecule has 0 saturated heterocycles. The van der Waals surface area contributed by atoms with Gasteiger partial charge in [-0.1, -0.05) is 55.4 Å². The number of carbonyl (C=O) groups is 1. The molecule has 3 heterocycles. The quantitative estimate of drug-likeness (QED) is 0.184. The largest absolute Gasteiger partial charge is 0.465 e. The van der Waals surface area contributed by atoms with Crippen LogP contribution in [0.2, 0.25) is 0 Å². The Hall–Kier alpha value is -2.16. The smallest absolute Gasteiger partial charge is 0.316 e. The van der Waals surface area contributed by atoms with Gasteiger partial charge in [0.1, 0.15) is 4.83 Å². The summed E-state index contributed by atoms with van der Waals surface area (Å²) in [5.74, 6) is -0.146. The Kier molecular flexibility index (Phi) is 7.56. The SMILES string of the molecule is CCCCOC(=O)CSc1nc2sc3c(c2c(=O)n1CCc1ccccc1)CC(C)(C)OC3. The first kappa shape index (κ1) is 24.0. The Labute approximate surface area is 202 Å². The van der Waals surface area contributed by atoms with Crippen LogP contribution in [0, 0.1) is 0 Å². The average Bonchev–Trinajstić information content (AvgIpc) is 3.14. The van der Waals surface area contributed by atoms with Crippen LogP contribution in [0.5, 0.6) is 0 Å². The number of ether oxygens (including phenoxy) is 2. The van der Waals surface area contributed by atoms with Crippen molar-refractivity contribution in [3.8, 4) is 0 Å². The number of rotatable bonds is 9. The third kappa shape index (κ3) is 5.67. The molecule has 0 fully saturated rings. The lowest BCUT2D eigenvalue weighted by Crippen LogP contribution is -2.32. The second-order valence-electron chi connectivity index (χ2n) is 8.86. The summed E-state index contributed by atoms with van der Waals surface area (Å²) in [6.07, 6.45) is 3.22. The maximum Gasteiger partial charge on any atom is 0.316 e. The molecule has 0 bridgehead atoms. The molecular weight excluding hydrogens is 456 g/mol. The Morgan fingerprint density at radius 1 is 1.30 bits per heavy atom. The molecule has 1 aliphatic heterocycles. The normalized spacial score (nSPS) is 14.9. The van der Waals surface area contributed by atoms with Gasteiger partial charge >= 0.3 is 5.97 Å². The first-order chi connectivity index (χ1) is 15.9. The van der Waals surface area contributed by atoms with E-state index in [0.717, 1.165) is 33.7 Å². The van der Waals surface area contributed by atoms with Crippen LogP contribution in [0.25, 0.3) is 10.2 Å². The molecule has 0 radical (unpaired) electrons. The first-order valence-electron chi connectivity index (χ1n) is 11.4. The van der Waals surface area contributed by atoms with Gasteiger partial charge in [0.25, 0.3) is 5.56 Å². The number of unbranched alkanes of at least 4 members (excludes halogenated alkanes) is 1. The summed E-state index contributed by atoms with van der Waals surface area (Å²) in [4.78, 5) is 32.6. The number of hydrogen-bond donors (Lipinski definition) is 0. The molecule has 0 saturated carbocycles. The summed E-state index contributed by atoms with van der Waals surface area (Å²) in [7, 11) is 0. The molecular formula is C25H30N2O4S2. The van der Waals surface area contributed by atoms with Gasteiger partial charge in [0.05, 0.1) is 30.0 Å². The molecule has 4 rings (SSSR count). The maximum absolute atomic E-state index is 13.7. The lowest BCUT2D eigenvalue weighted by Gasteiger charge is -2.29. The van der Waals surface area contributed by atoms with Gasteiger partial charge in [-0.05, 0) is 37.8 Å². The predicted octanol–water partition coefficient (Wildman–Crippen LogP) is 4.99. The second-order valence-corrected chi connectivity index (χ2v) is 10.9. The van der Waals surface area contributed by atoms with Crippen molar-refractivity contribution in [2.75, 3.05) is 12.4 Å². The minimum atomic E-state index is -0.308. The molecule has 0 atom stereocenters. The van der Waals surface area contributed by atoms with Gasteiger partial charge in [-0.2, -0.15) is 0 Å². The van der Waals surface area contributed by atoms with Gasteiger partial charge in [0, 0.05) is 17.8 Å². The molecule has 0 amide bonds. The number of thiophene rings is 1. The van der Waals surface area contributed by atoms with Gasteiger partial charge < -0.3 is 9.47 Å². The number of thioether (sulfide) groups is 1. The lowest BCUT2D eigenvalue weighted by molar-refractivity contribution is -0.140. The zero-order valence-corrected chi connectivity index (χ0v) is 21.0. The zero-order chi connectivity index (χ0) is 23.4. The van der Waals surface area contributed by atoms with Crippen molar-refractivity contribution < 1.29 is 14.3 Å². The lowest BCUT2D eigenvalue weighted by atomic mass is 9.94. The van der Waals surface area contributed by atoms with Crippen molar-refractivity contribution in [1.29, 1.82) is 0 Å². The third-order valence-corrected chi connectivity index (χ3v) is 7.75. The van der Waals surface area contributed by atoms with Crippen LogP contribution in [0.15, 0.2) is 40.3 Å². The molecule has 3 aromatic rings. The molecule has 0 N–H and O–H groups in total. The van der Waals surface area contributed by atoms with Crippen molar-refractivity contribution in [1.82, 2.24) is 9.55 Å². The molecule has 176 valence electrons. The highest BCUT2D eigenvalue weighted by Gasteiger charge is 2.31. The van der Waals surface area contributed by atoms with E-state index in [0.29, 0.717) is 43.1 Å². The predicted molar refractivity (Wildman–Crippen MR) is 133 cm³/mol. The summed E-state index contributed by atoms with van der Waals surface area (Å²) < 4.78 is 13.0. The van der Waals surface area contributed by atoms with Crippen LogP contribution < -0.4 is 5.56 Å². The highest BCUT2D eigenvalue weighted by molar-refractivity contribution is 7.99. The Morgan fingerprint density at radius 3 is 2.85 bits per heavy atom. The van der Waals surface area contributed by atoms with Crippen LogP contribution in [-0.2, 0) is 40.3 Å². The Bertz CT molecular complexity index is 1180. The fourth-order valence-corrected chi connectivity index (χ4v) is 5.86. The number of aryl methyl sites for hydroxylation is 1. The highest BCUT2D eigenvalue weighted by atomic mass is 32.2. The highest BCUT2D eigenvalue weighted by Crippen LogP contribution is 2.37. The molecule has 2 aromatic heterocycles. The van der Waals surface area contributed by atoms with Crippen molar-refractivity contribution in [2.45, 2.75) is 70.4 Å². The van der Waals surface area contributed by atoms with Gasteiger partial charge in [0.15, 0.2) is 5.16 Å². The van der Waals surface area contributed by atoms with Crippen LogP contribution in [0.1, 0.15) is 49.6 Å². The summed E-state index contributed by atoms with van der Waals surface area (Å²) in [6, 6.07) is 10.1. The van der Waals surface area contributed by atoms with E-state index < -0.39 is 0 Å². The molecule has 6 nitrogen and oxygen atoms in total. The van der Waals surface area contributed by atoms with Gasteiger partial charge in [-0.3, -0.25) is 14.2 Å². The number of fused-ring (bicyclic) bond motifs is 3.